The topological polar surface area (TPSA) is 0 Å². The Morgan fingerprint density at radius 3 is 1.43 bits per heavy atom. The summed E-state index contributed by atoms with van der Waals surface area (Å²) in [4.78, 5) is 0. The van der Waals surface area contributed by atoms with Gasteiger partial charge in [0.2, 0.25) is 0 Å². The molecule has 0 amide bonds. The van der Waals surface area contributed by atoms with Crippen LogP contribution in [-0.2, 0) is 0 Å². The molecular formula is C14H24. The van der Waals surface area contributed by atoms with Gasteiger partial charge in [-0.3, -0.25) is 0 Å². The Kier molecular flexibility index (Phi) is 2.94. The summed E-state index contributed by atoms with van der Waals surface area (Å²) in [5.41, 5.74) is 3.88. The molecule has 0 radical (unpaired) electrons. The molecular weight excluding hydrogens is 168 g/mol. The largest absolute Gasteiger partial charge is 0.0807 e. The van der Waals surface area contributed by atoms with E-state index >= 15 is 0 Å². The van der Waals surface area contributed by atoms with Gasteiger partial charge in [0.05, 0.1) is 0 Å². The molecule has 0 aromatic heterocycles. The molecule has 0 N–H and O–H groups in total. The first-order valence-electron chi connectivity index (χ1n) is 5.60. The van der Waals surface area contributed by atoms with Crippen molar-refractivity contribution in [3.05, 3.63) is 23.3 Å². The predicted molar refractivity (Wildman–Crippen MR) is 64.3 cm³/mol. The molecule has 0 unspecified atom stereocenters. The van der Waals surface area contributed by atoms with Crippen LogP contribution in [0.25, 0.3) is 0 Å². The van der Waals surface area contributed by atoms with Crippen molar-refractivity contribution >= 4 is 0 Å². The molecule has 0 heterocycles. The minimum absolute atomic E-state index is 0.338. The monoisotopic (exact) mass is 192 g/mol. The third-order valence-electron chi connectivity index (χ3n) is 3.04. The summed E-state index contributed by atoms with van der Waals surface area (Å²) in [7, 11) is 0. The second-order valence-corrected chi connectivity index (χ2v) is 6.37. The van der Waals surface area contributed by atoms with Crippen molar-refractivity contribution in [3.8, 4) is 0 Å². The second-order valence-electron chi connectivity index (χ2n) is 6.37. The van der Waals surface area contributed by atoms with Gasteiger partial charge < -0.3 is 0 Å². The van der Waals surface area contributed by atoms with Gasteiger partial charge in [-0.2, -0.15) is 0 Å². The Morgan fingerprint density at radius 1 is 0.786 bits per heavy atom. The molecule has 0 aromatic rings. The predicted octanol–water partition coefficient (Wildman–Crippen LogP) is 4.73. The number of hydrogen-bond acceptors (Lipinski definition) is 0. The zero-order valence-electron chi connectivity index (χ0n) is 10.6. The molecule has 0 bridgehead atoms. The van der Waals surface area contributed by atoms with E-state index in [4.69, 9.17) is 0 Å². The van der Waals surface area contributed by atoms with Crippen LogP contribution in [0, 0.1) is 10.8 Å². The Balaban J connectivity index is 2.79. The molecule has 1 rings (SSSR count). The fourth-order valence-corrected chi connectivity index (χ4v) is 1.84. The molecule has 0 aliphatic heterocycles. The fourth-order valence-electron chi connectivity index (χ4n) is 1.84. The Morgan fingerprint density at radius 2 is 1.14 bits per heavy atom. The molecule has 0 heteroatoms. The fraction of sp³-hybridized carbons (Fsp3) is 0.714. The summed E-state index contributed by atoms with van der Waals surface area (Å²) >= 11 is 0. The van der Waals surface area contributed by atoms with E-state index in [9.17, 15) is 0 Å². The molecule has 80 valence electrons. The van der Waals surface area contributed by atoms with Crippen LogP contribution in [0.1, 0.15) is 54.4 Å². The Labute approximate surface area is 89.1 Å². The number of hydrogen-bond donors (Lipinski definition) is 0. The Hall–Kier alpha value is -0.520. The van der Waals surface area contributed by atoms with Crippen LogP contribution in [-0.4, -0.2) is 0 Å². The zero-order chi connectivity index (χ0) is 11.0. The quantitative estimate of drug-likeness (QED) is 0.487. The van der Waals surface area contributed by atoms with Crippen molar-refractivity contribution in [3.63, 3.8) is 0 Å². The highest BCUT2D eigenvalue weighted by Gasteiger charge is 2.24. The summed E-state index contributed by atoms with van der Waals surface area (Å²) in [6.45, 7) is 13.9. The maximum absolute atomic E-state index is 2.40. The molecule has 0 saturated heterocycles. The molecule has 0 spiro atoms. The van der Waals surface area contributed by atoms with Gasteiger partial charge in [-0.05, 0) is 23.7 Å². The molecule has 14 heavy (non-hydrogen) atoms. The van der Waals surface area contributed by atoms with Gasteiger partial charge in [0.25, 0.3) is 0 Å². The van der Waals surface area contributed by atoms with Crippen LogP contribution >= 0.6 is 0 Å². The van der Waals surface area contributed by atoms with E-state index in [-0.39, 0.29) is 0 Å². The standard InChI is InChI=1S/C14H24/c1-13(2,3)11-8-7-9-12(10-11)14(4,5)6/h8-9H,7,10H2,1-6H3. The van der Waals surface area contributed by atoms with Gasteiger partial charge in [-0.25, -0.2) is 0 Å². The summed E-state index contributed by atoms with van der Waals surface area (Å²) in [6.07, 6.45) is 7.09. The number of allylic oxidation sites excluding steroid dienone is 4. The zero-order valence-corrected chi connectivity index (χ0v) is 10.6. The molecule has 1 aliphatic carbocycles. The number of rotatable bonds is 0. The Bertz CT molecular complexity index is 235. The van der Waals surface area contributed by atoms with E-state index < -0.39 is 0 Å². The second kappa shape index (κ2) is 3.56. The summed E-state index contributed by atoms with van der Waals surface area (Å²) in [5.74, 6) is 0. The molecule has 0 atom stereocenters. The first kappa shape index (κ1) is 11.6. The minimum Gasteiger partial charge on any atom is -0.0807 e. The smallest absolute Gasteiger partial charge is 0.00978 e. The summed E-state index contributed by atoms with van der Waals surface area (Å²) < 4.78 is 0. The lowest BCUT2D eigenvalue weighted by atomic mass is 9.74. The average Bonchev–Trinajstić information content (AvgIpc) is 2.01. The van der Waals surface area contributed by atoms with Crippen molar-refractivity contribution in [1.29, 1.82) is 0 Å². The third kappa shape index (κ3) is 2.73. The van der Waals surface area contributed by atoms with Crippen molar-refractivity contribution in [2.75, 3.05) is 0 Å². The third-order valence-corrected chi connectivity index (χ3v) is 3.04. The molecule has 0 fully saturated rings. The SMILES string of the molecule is CC(C)(C)C1=CCC=C(C(C)(C)C)C1. The highest BCUT2D eigenvalue weighted by Crippen LogP contribution is 2.39. The highest BCUT2D eigenvalue weighted by molar-refractivity contribution is 5.29. The van der Waals surface area contributed by atoms with Crippen LogP contribution in [0.15, 0.2) is 23.3 Å². The van der Waals surface area contributed by atoms with Crippen LogP contribution in [0.3, 0.4) is 0 Å². The highest BCUT2D eigenvalue weighted by atomic mass is 14.3. The van der Waals surface area contributed by atoms with E-state index in [1.165, 1.54) is 6.42 Å². The van der Waals surface area contributed by atoms with Gasteiger partial charge in [-0.1, -0.05) is 64.8 Å². The van der Waals surface area contributed by atoms with Gasteiger partial charge >= 0.3 is 0 Å². The van der Waals surface area contributed by atoms with Crippen LogP contribution < -0.4 is 0 Å². The van der Waals surface area contributed by atoms with E-state index in [1.54, 1.807) is 11.1 Å². The lowest BCUT2D eigenvalue weighted by molar-refractivity contribution is 0.443. The average molecular weight is 192 g/mol. The van der Waals surface area contributed by atoms with E-state index in [1.807, 2.05) is 0 Å². The molecule has 0 saturated carbocycles. The maximum atomic E-state index is 2.40. The molecule has 0 nitrogen and oxygen atoms in total. The first-order valence-corrected chi connectivity index (χ1v) is 5.60. The van der Waals surface area contributed by atoms with Gasteiger partial charge in [0.15, 0.2) is 0 Å². The van der Waals surface area contributed by atoms with Crippen molar-refractivity contribution in [2.24, 2.45) is 10.8 Å². The summed E-state index contributed by atoms with van der Waals surface area (Å²) in [5, 5.41) is 0. The molecule has 1 aliphatic rings. The van der Waals surface area contributed by atoms with Gasteiger partial charge in [0.1, 0.15) is 0 Å². The first-order chi connectivity index (χ1) is 6.21. The van der Waals surface area contributed by atoms with Crippen LogP contribution in [0.4, 0.5) is 0 Å². The van der Waals surface area contributed by atoms with Gasteiger partial charge in [0, 0.05) is 0 Å². The minimum atomic E-state index is 0.338. The van der Waals surface area contributed by atoms with E-state index in [0.717, 1.165) is 6.42 Å². The summed E-state index contributed by atoms with van der Waals surface area (Å²) in [6, 6.07) is 0. The normalized spacial score (nSPS) is 19.0. The van der Waals surface area contributed by atoms with Gasteiger partial charge in [-0.15, -0.1) is 0 Å². The van der Waals surface area contributed by atoms with Crippen molar-refractivity contribution in [2.45, 2.75) is 54.4 Å². The maximum Gasteiger partial charge on any atom is -0.00978 e. The lowest BCUT2D eigenvalue weighted by Gasteiger charge is -2.32. The molecule has 0 aromatic carbocycles. The van der Waals surface area contributed by atoms with Crippen molar-refractivity contribution in [1.82, 2.24) is 0 Å². The lowest BCUT2D eigenvalue weighted by Crippen LogP contribution is -2.18. The van der Waals surface area contributed by atoms with Crippen molar-refractivity contribution < 1.29 is 0 Å². The van der Waals surface area contributed by atoms with E-state index in [2.05, 4.69) is 53.7 Å². The van der Waals surface area contributed by atoms with Crippen LogP contribution in [0.5, 0.6) is 0 Å². The van der Waals surface area contributed by atoms with Crippen LogP contribution in [0.2, 0.25) is 0 Å². The van der Waals surface area contributed by atoms with E-state index in [0.29, 0.717) is 10.8 Å².